The topological polar surface area (TPSA) is 70.6 Å². The maximum Gasteiger partial charge on any atom is 0.253 e. The Hall–Kier alpha value is -2.29. The summed E-state index contributed by atoms with van der Waals surface area (Å²) >= 11 is 1.75. The molecule has 1 saturated heterocycles. The van der Waals surface area contributed by atoms with Gasteiger partial charge in [-0.25, -0.2) is 13.4 Å². The molecule has 8 heteroatoms. The van der Waals surface area contributed by atoms with Crippen molar-refractivity contribution in [3.05, 3.63) is 59.1 Å². The van der Waals surface area contributed by atoms with Gasteiger partial charge >= 0.3 is 0 Å². The van der Waals surface area contributed by atoms with Gasteiger partial charge in [-0.05, 0) is 61.1 Å². The van der Waals surface area contributed by atoms with Gasteiger partial charge in [-0.1, -0.05) is 39.8 Å². The minimum Gasteiger partial charge on any atom is -0.339 e. The molecule has 1 amide bonds. The van der Waals surface area contributed by atoms with Gasteiger partial charge < -0.3 is 4.90 Å². The number of hydrogen-bond donors (Lipinski definition) is 0. The highest BCUT2D eigenvalue weighted by Gasteiger charge is 2.28. The van der Waals surface area contributed by atoms with Crippen molar-refractivity contribution < 1.29 is 13.2 Å². The Morgan fingerprint density at radius 1 is 1.00 bits per heavy atom. The van der Waals surface area contributed by atoms with Crippen molar-refractivity contribution in [3.63, 3.8) is 0 Å². The smallest absolute Gasteiger partial charge is 0.253 e. The van der Waals surface area contributed by atoms with Gasteiger partial charge in [-0.15, -0.1) is 11.3 Å². The summed E-state index contributed by atoms with van der Waals surface area (Å²) in [6.07, 6.45) is 1.77. The molecule has 0 unspecified atom stereocenters. The summed E-state index contributed by atoms with van der Waals surface area (Å²) in [4.78, 5) is 20.0. The Kier molecular flexibility index (Phi) is 7.93. The molecule has 4 rings (SSSR count). The molecule has 0 N–H and O–H groups in total. The average molecular weight is 514 g/mol. The lowest BCUT2D eigenvalue weighted by Gasteiger charge is -2.31. The molecule has 0 atom stereocenters. The number of aromatic nitrogens is 1. The fourth-order valence-corrected chi connectivity index (χ4v) is 7.48. The van der Waals surface area contributed by atoms with Crippen molar-refractivity contribution in [2.75, 3.05) is 26.2 Å². The van der Waals surface area contributed by atoms with Crippen LogP contribution in [0.3, 0.4) is 0 Å². The van der Waals surface area contributed by atoms with Crippen LogP contribution in [0.4, 0.5) is 0 Å². The summed E-state index contributed by atoms with van der Waals surface area (Å²) < 4.78 is 29.3. The first-order valence-electron chi connectivity index (χ1n) is 12.4. The van der Waals surface area contributed by atoms with E-state index < -0.39 is 10.0 Å². The minimum absolute atomic E-state index is 0.0436. The molecule has 1 aliphatic heterocycles. The quantitative estimate of drug-likeness (QED) is 0.392. The Morgan fingerprint density at radius 3 is 2.17 bits per heavy atom. The first kappa shape index (κ1) is 25.8. The Bertz CT molecular complexity index is 1220. The van der Waals surface area contributed by atoms with Crippen molar-refractivity contribution >= 4 is 37.5 Å². The van der Waals surface area contributed by atoms with E-state index in [2.05, 4.69) is 6.07 Å². The highest BCUT2D eigenvalue weighted by Crippen LogP contribution is 2.34. The van der Waals surface area contributed by atoms with E-state index in [4.69, 9.17) is 4.98 Å². The van der Waals surface area contributed by atoms with E-state index in [-0.39, 0.29) is 22.6 Å². The number of carbonyl (C=O) groups excluding carboxylic acids is 1. The molecule has 6 nitrogen and oxygen atoms in total. The number of thiazole rings is 1. The largest absolute Gasteiger partial charge is 0.339 e. The molecule has 0 radical (unpaired) electrons. The molecule has 0 spiro atoms. The van der Waals surface area contributed by atoms with Crippen LogP contribution in [0.25, 0.3) is 10.2 Å². The second-order valence-corrected chi connectivity index (χ2v) is 13.2. The third kappa shape index (κ3) is 5.93. The normalized spacial score (nSPS) is 15.6. The second kappa shape index (κ2) is 10.8. The number of carbonyl (C=O) groups is 1. The van der Waals surface area contributed by atoms with Crippen LogP contribution in [0, 0.1) is 11.8 Å². The van der Waals surface area contributed by atoms with Gasteiger partial charge in [0.25, 0.3) is 5.91 Å². The maximum atomic E-state index is 13.2. The number of sulfonamides is 1. The summed E-state index contributed by atoms with van der Waals surface area (Å²) in [7, 11) is -3.61. The monoisotopic (exact) mass is 513 g/mol. The van der Waals surface area contributed by atoms with E-state index in [0.717, 1.165) is 23.4 Å². The number of rotatable bonds is 8. The van der Waals surface area contributed by atoms with Gasteiger partial charge in [0.1, 0.15) is 0 Å². The zero-order valence-electron chi connectivity index (χ0n) is 21.0. The summed E-state index contributed by atoms with van der Waals surface area (Å²) in [5.74, 6) is 0.792. The summed E-state index contributed by atoms with van der Waals surface area (Å²) in [6.45, 7) is 10.4. The lowest BCUT2D eigenvalue weighted by atomic mass is 9.97. The Labute approximate surface area is 213 Å². The van der Waals surface area contributed by atoms with Gasteiger partial charge in [0.05, 0.1) is 20.1 Å². The predicted octanol–water partition coefficient (Wildman–Crippen LogP) is 5.62. The van der Waals surface area contributed by atoms with Gasteiger partial charge in [0.2, 0.25) is 10.0 Å². The molecule has 0 aliphatic carbocycles. The number of nitrogens with zero attached hydrogens (tertiary/aromatic N) is 3. The molecule has 35 heavy (non-hydrogen) atoms. The molecule has 2 heterocycles. The summed E-state index contributed by atoms with van der Waals surface area (Å²) in [6, 6.07) is 14.6. The molecule has 1 aliphatic rings. The standard InChI is InChI=1S/C27H35N3O3S2/c1-19(2)17-30(18-20(3)4)35(32,33)23-11-9-22(10-12-23)27(31)29-15-13-21(14-16-29)26-28-24-7-5-6-8-25(24)34-26/h5-12,19-21H,13-18H2,1-4H3. The lowest BCUT2D eigenvalue weighted by Crippen LogP contribution is -2.38. The first-order valence-corrected chi connectivity index (χ1v) is 14.7. The van der Waals surface area contributed by atoms with E-state index in [1.54, 1.807) is 39.9 Å². The van der Waals surface area contributed by atoms with Crippen LogP contribution in [-0.4, -0.2) is 54.7 Å². The van der Waals surface area contributed by atoms with Crippen LogP contribution in [0.2, 0.25) is 0 Å². The average Bonchev–Trinajstić information content (AvgIpc) is 3.27. The molecule has 2 aromatic carbocycles. The fourth-order valence-electron chi connectivity index (χ4n) is 4.58. The van der Waals surface area contributed by atoms with Crippen LogP contribution >= 0.6 is 11.3 Å². The van der Waals surface area contributed by atoms with Gasteiger partial charge in [0, 0.05) is 37.7 Å². The number of likely N-dealkylation sites (tertiary alicyclic amines) is 1. The molecule has 1 fully saturated rings. The SMILES string of the molecule is CC(C)CN(CC(C)C)S(=O)(=O)c1ccc(C(=O)N2CCC(c3nc4ccccc4s3)CC2)cc1. The molecule has 0 saturated carbocycles. The summed E-state index contributed by atoms with van der Waals surface area (Å²) in [5, 5.41) is 1.15. The maximum absolute atomic E-state index is 13.2. The molecule has 0 bridgehead atoms. The number of piperidine rings is 1. The molecule has 188 valence electrons. The van der Waals surface area contributed by atoms with Crippen molar-refractivity contribution in [2.24, 2.45) is 11.8 Å². The number of hydrogen-bond acceptors (Lipinski definition) is 5. The van der Waals surface area contributed by atoms with Crippen molar-refractivity contribution in [1.29, 1.82) is 0 Å². The summed E-state index contributed by atoms with van der Waals surface area (Å²) in [5.41, 5.74) is 1.57. The number of para-hydroxylation sites is 1. The second-order valence-electron chi connectivity index (χ2n) is 10.2. The van der Waals surface area contributed by atoms with Gasteiger partial charge in [-0.3, -0.25) is 4.79 Å². The third-order valence-electron chi connectivity index (χ3n) is 6.32. The van der Waals surface area contributed by atoms with Crippen molar-refractivity contribution in [1.82, 2.24) is 14.2 Å². The van der Waals surface area contributed by atoms with Crippen LogP contribution in [0.1, 0.15) is 61.8 Å². The van der Waals surface area contributed by atoms with Crippen molar-refractivity contribution in [2.45, 2.75) is 51.3 Å². The van der Waals surface area contributed by atoms with Crippen molar-refractivity contribution in [3.8, 4) is 0 Å². The zero-order chi connectivity index (χ0) is 25.2. The Morgan fingerprint density at radius 2 is 1.60 bits per heavy atom. The van der Waals surface area contributed by atoms with Gasteiger partial charge in [0.15, 0.2) is 0 Å². The van der Waals surface area contributed by atoms with E-state index in [1.165, 1.54) is 4.70 Å². The third-order valence-corrected chi connectivity index (χ3v) is 9.36. The molecular formula is C27H35N3O3S2. The van der Waals surface area contributed by atoms with E-state index in [9.17, 15) is 13.2 Å². The highest BCUT2D eigenvalue weighted by atomic mass is 32.2. The van der Waals surface area contributed by atoms with Crippen LogP contribution in [-0.2, 0) is 10.0 Å². The minimum atomic E-state index is -3.61. The Balaban J connectivity index is 1.41. The van der Waals surface area contributed by atoms with E-state index in [1.807, 2.05) is 50.8 Å². The molecule has 1 aromatic heterocycles. The number of amides is 1. The van der Waals surface area contributed by atoms with E-state index >= 15 is 0 Å². The number of benzene rings is 2. The van der Waals surface area contributed by atoms with E-state index in [0.29, 0.717) is 37.7 Å². The van der Waals surface area contributed by atoms with Gasteiger partial charge in [-0.2, -0.15) is 4.31 Å². The molecular weight excluding hydrogens is 478 g/mol. The van der Waals surface area contributed by atoms with Crippen LogP contribution < -0.4 is 0 Å². The lowest BCUT2D eigenvalue weighted by molar-refractivity contribution is 0.0713. The fraction of sp³-hybridized carbons (Fsp3) is 0.481. The zero-order valence-corrected chi connectivity index (χ0v) is 22.6. The molecule has 3 aromatic rings. The number of fused-ring (bicyclic) bond motifs is 1. The van der Waals surface area contributed by atoms with Crippen LogP contribution in [0.15, 0.2) is 53.4 Å². The van der Waals surface area contributed by atoms with Crippen LogP contribution in [0.5, 0.6) is 0 Å². The predicted molar refractivity (Wildman–Crippen MR) is 142 cm³/mol. The highest BCUT2D eigenvalue weighted by molar-refractivity contribution is 7.89. The first-order chi connectivity index (χ1) is 16.6.